The van der Waals surface area contributed by atoms with E-state index in [1.807, 2.05) is 0 Å². The molecule has 2 rings (SSSR count). The van der Waals surface area contributed by atoms with Crippen LogP contribution in [0.2, 0.25) is 0 Å². The number of nitrogens with zero attached hydrogens (tertiary/aromatic N) is 1. The van der Waals surface area contributed by atoms with Gasteiger partial charge in [-0.1, -0.05) is 0 Å². The summed E-state index contributed by atoms with van der Waals surface area (Å²) in [5, 5.41) is 0. The number of fused-ring (bicyclic) bond motifs is 2. The molecule has 3 atom stereocenters. The van der Waals surface area contributed by atoms with Crippen molar-refractivity contribution in [1.29, 1.82) is 0 Å². The van der Waals surface area contributed by atoms with Crippen LogP contribution in [0.15, 0.2) is 0 Å². The molecule has 1 amide bonds. The Morgan fingerprint density at radius 1 is 1.38 bits per heavy atom. The van der Waals surface area contributed by atoms with Crippen molar-refractivity contribution in [2.75, 3.05) is 6.54 Å². The summed E-state index contributed by atoms with van der Waals surface area (Å²) < 4.78 is 37.8. The van der Waals surface area contributed by atoms with Gasteiger partial charge in [0.25, 0.3) is 5.91 Å². The van der Waals surface area contributed by atoms with Crippen LogP contribution in [0.5, 0.6) is 0 Å². The maximum atomic E-state index is 12.6. The van der Waals surface area contributed by atoms with Crippen LogP contribution in [0.3, 0.4) is 0 Å². The Balaban J connectivity index is 2.14. The van der Waals surface area contributed by atoms with Crippen LogP contribution in [0.1, 0.15) is 26.2 Å². The molecule has 2 aliphatic rings. The SMILES string of the molecule is CC(N)(C(=O)N1CC2CCC1C2)C(F)(F)F. The van der Waals surface area contributed by atoms with Gasteiger partial charge >= 0.3 is 6.18 Å². The lowest BCUT2D eigenvalue weighted by Crippen LogP contribution is -2.63. The Bertz CT molecular complexity index is 314. The first kappa shape index (κ1) is 11.7. The van der Waals surface area contributed by atoms with Gasteiger partial charge in [0.05, 0.1) is 0 Å². The molecule has 16 heavy (non-hydrogen) atoms. The first-order chi connectivity index (χ1) is 7.23. The Kier molecular flexibility index (Phi) is 2.45. The zero-order chi connectivity index (χ0) is 12.1. The van der Waals surface area contributed by atoms with Gasteiger partial charge in [0, 0.05) is 12.6 Å². The van der Waals surface area contributed by atoms with E-state index in [0.29, 0.717) is 12.5 Å². The highest BCUT2D eigenvalue weighted by Crippen LogP contribution is 2.40. The number of nitrogens with two attached hydrogens (primary N) is 1. The number of piperidine rings is 1. The largest absolute Gasteiger partial charge is 0.415 e. The highest BCUT2D eigenvalue weighted by atomic mass is 19.4. The second-order valence-corrected chi connectivity index (χ2v) is 4.99. The fourth-order valence-corrected chi connectivity index (χ4v) is 2.59. The number of hydrogen-bond donors (Lipinski definition) is 1. The van der Waals surface area contributed by atoms with Crippen LogP contribution in [0, 0.1) is 5.92 Å². The molecule has 92 valence electrons. The lowest BCUT2D eigenvalue weighted by molar-refractivity contribution is -0.194. The Hall–Kier alpha value is -0.780. The van der Waals surface area contributed by atoms with E-state index < -0.39 is 17.6 Å². The second kappa shape index (κ2) is 3.35. The van der Waals surface area contributed by atoms with Crippen LogP contribution >= 0.6 is 0 Å². The summed E-state index contributed by atoms with van der Waals surface area (Å²) >= 11 is 0. The van der Waals surface area contributed by atoms with Crippen LogP contribution < -0.4 is 5.73 Å². The molecule has 2 fully saturated rings. The first-order valence-corrected chi connectivity index (χ1v) is 5.40. The van der Waals surface area contributed by atoms with Crippen molar-refractivity contribution in [2.45, 2.75) is 43.9 Å². The average molecular weight is 236 g/mol. The van der Waals surface area contributed by atoms with Gasteiger partial charge in [-0.3, -0.25) is 4.79 Å². The van der Waals surface area contributed by atoms with Crippen molar-refractivity contribution in [1.82, 2.24) is 4.90 Å². The van der Waals surface area contributed by atoms with Crippen LogP contribution in [0.25, 0.3) is 0 Å². The van der Waals surface area contributed by atoms with Gasteiger partial charge in [0.15, 0.2) is 5.54 Å². The highest BCUT2D eigenvalue weighted by Gasteiger charge is 2.57. The zero-order valence-electron chi connectivity index (χ0n) is 9.05. The quantitative estimate of drug-likeness (QED) is 0.745. The van der Waals surface area contributed by atoms with E-state index in [-0.39, 0.29) is 6.04 Å². The molecule has 0 radical (unpaired) electrons. The number of hydrogen-bond acceptors (Lipinski definition) is 2. The smallest absolute Gasteiger partial charge is 0.338 e. The minimum atomic E-state index is -4.69. The van der Waals surface area contributed by atoms with Gasteiger partial charge in [0.1, 0.15) is 0 Å². The number of rotatable bonds is 1. The van der Waals surface area contributed by atoms with Gasteiger partial charge in [0.2, 0.25) is 0 Å². The summed E-state index contributed by atoms with van der Waals surface area (Å²) in [5.74, 6) is -0.606. The van der Waals surface area contributed by atoms with Crippen LogP contribution in [-0.2, 0) is 4.79 Å². The molecule has 3 unspecified atom stereocenters. The maximum absolute atomic E-state index is 12.6. The van der Waals surface area contributed by atoms with Gasteiger partial charge < -0.3 is 10.6 Å². The Morgan fingerprint density at radius 3 is 2.38 bits per heavy atom. The summed E-state index contributed by atoms with van der Waals surface area (Å²) in [6.07, 6.45) is -2.03. The molecule has 3 nitrogen and oxygen atoms in total. The number of halogens is 3. The molecule has 2 bridgehead atoms. The third kappa shape index (κ3) is 1.59. The van der Waals surface area contributed by atoms with Crippen LogP contribution in [0.4, 0.5) is 13.2 Å². The van der Waals surface area contributed by atoms with E-state index >= 15 is 0 Å². The highest BCUT2D eigenvalue weighted by molar-refractivity contribution is 5.87. The molecule has 1 saturated heterocycles. The monoisotopic (exact) mass is 236 g/mol. The van der Waals surface area contributed by atoms with E-state index in [0.717, 1.165) is 26.2 Å². The number of alkyl halides is 3. The topological polar surface area (TPSA) is 46.3 Å². The number of carbonyl (C=O) groups is 1. The number of likely N-dealkylation sites (tertiary alicyclic amines) is 1. The molecule has 0 aromatic heterocycles. The molecule has 1 aliphatic heterocycles. The fraction of sp³-hybridized carbons (Fsp3) is 0.900. The Labute approximate surface area is 91.8 Å². The summed E-state index contributed by atoms with van der Waals surface area (Å²) in [6, 6.07) is -0.0253. The van der Waals surface area contributed by atoms with Crippen molar-refractivity contribution in [3.63, 3.8) is 0 Å². The zero-order valence-corrected chi connectivity index (χ0v) is 9.05. The van der Waals surface area contributed by atoms with Crippen molar-refractivity contribution in [3.05, 3.63) is 0 Å². The summed E-state index contributed by atoms with van der Waals surface area (Å²) in [4.78, 5) is 13.1. The number of carbonyl (C=O) groups excluding carboxylic acids is 1. The van der Waals surface area contributed by atoms with E-state index in [9.17, 15) is 18.0 Å². The average Bonchev–Trinajstić information content (AvgIpc) is 2.75. The predicted molar refractivity (Wildman–Crippen MR) is 51.5 cm³/mol. The molecular weight excluding hydrogens is 221 g/mol. The van der Waals surface area contributed by atoms with Gasteiger partial charge in [-0.05, 0) is 32.1 Å². The Morgan fingerprint density at radius 2 is 2.00 bits per heavy atom. The van der Waals surface area contributed by atoms with Crippen molar-refractivity contribution in [3.8, 4) is 0 Å². The molecule has 1 saturated carbocycles. The minimum absolute atomic E-state index is 0.0253. The molecule has 0 aromatic carbocycles. The molecular formula is C10H15F3N2O. The molecule has 1 aliphatic carbocycles. The molecule has 1 heterocycles. The van der Waals surface area contributed by atoms with Gasteiger partial charge in [-0.15, -0.1) is 0 Å². The normalized spacial score (nSPS) is 32.9. The maximum Gasteiger partial charge on any atom is 0.415 e. The molecule has 0 aromatic rings. The van der Waals surface area contributed by atoms with Crippen molar-refractivity contribution >= 4 is 5.91 Å². The van der Waals surface area contributed by atoms with Gasteiger partial charge in [-0.25, -0.2) is 0 Å². The predicted octanol–water partition coefficient (Wildman–Crippen LogP) is 1.28. The first-order valence-electron chi connectivity index (χ1n) is 5.40. The van der Waals surface area contributed by atoms with Crippen molar-refractivity contribution in [2.24, 2.45) is 11.7 Å². The summed E-state index contributed by atoms with van der Waals surface area (Å²) in [5.41, 5.74) is 2.38. The van der Waals surface area contributed by atoms with E-state index in [1.54, 1.807) is 0 Å². The van der Waals surface area contributed by atoms with Crippen LogP contribution in [-0.4, -0.2) is 35.1 Å². The number of amides is 1. The second-order valence-electron chi connectivity index (χ2n) is 4.99. The third-order valence-corrected chi connectivity index (χ3v) is 3.70. The lowest BCUT2D eigenvalue weighted by Gasteiger charge is -2.35. The molecule has 6 heteroatoms. The molecule has 0 spiro atoms. The fourth-order valence-electron chi connectivity index (χ4n) is 2.59. The summed E-state index contributed by atoms with van der Waals surface area (Å²) in [6.45, 7) is 1.19. The lowest BCUT2D eigenvalue weighted by atomic mass is 9.99. The van der Waals surface area contributed by atoms with E-state index in [2.05, 4.69) is 0 Å². The third-order valence-electron chi connectivity index (χ3n) is 3.70. The standard InChI is InChI=1S/C10H15F3N2O/c1-9(14,10(11,12)13)8(16)15-5-6-2-3-7(15)4-6/h6-7H,2-5,14H2,1H3. The van der Waals surface area contributed by atoms with Crippen molar-refractivity contribution < 1.29 is 18.0 Å². The van der Waals surface area contributed by atoms with Gasteiger partial charge in [-0.2, -0.15) is 13.2 Å². The summed E-state index contributed by atoms with van der Waals surface area (Å²) in [7, 11) is 0. The molecule has 2 N–H and O–H groups in total. The van der Waals surface area contributed by atoms with E-state index in [1.165, 1.54) is 4.90 Å². The van der Waals surface area contributed by atoms with E-state index in [4.69, 9.17) is 5.73 Å². The minimum Gasteiger partial charge on any atom is -0.338 e.